The maximum Gasteiger partial charge on any atom is 0.303 e. The monoisotopic (exact) mass is 420 g/mol. The molecule has 31 heavy (non-hydrogen) atoms. The van der Waals surface area contributed by atoms with Crippen molar-refractivity contribution in [3.8, 4) is 22.6 Å². The van der Waals surface area contributed by atoms with Crippen molar-refractivity contribution in [2.75, 3.05) is 4.90 Å². The van der Waals surface area contributed by atoms with Crippen molar-refractivity contribution in [1.29, 1.82) is 0 Å². The minimum atomic E-state index is -1.14. The zero-order valence-corrected chi connectivity index (χ0v) is 16.3. The van der Waals surface area contributed by atoms with Gasteiger partial charge in [0, 0.05) is 36.8 Å². The predicted octanol–water partition coefficient (Wildman–Crippen LogP) is 2.77. The number of amides is 1. The molecule has 5 rings (SSSR count). The van der Waals surface area contributed by atoms with Crippen LogP contribution in [0, 0.1) is 5.82 Å². The van der Waals surface area contributed by atoms with Gasteiger partial charge in [-0.1, -0.05) is 30.3 Å². The van der Waals surface area contributed by atoms with Gasteiger partial charge in [0.2, 0.25) is 5.91 Å². The molecule has 2 aliphatic rings. The number of aromatic nitrogens is 3. The van der Waals surface area contributed by atoms with Crippen LogP contribution in [0.1, 0.15) is 25.7 Å². The first-order chi connectivity index (χ1) is 14.9. The fourth-order valence-electron chi connectivity index (χ4n) is 4.48. The highest BCUT2D eigenvalue weighted by molar-refractivity contribution is 6.01. The lowest BCUT2D eigenvalue weighted by Crippen LogP contribution is -2.53. The van der Waals surface area contributed by atoms with E-state index in [1.54, 1.807) is 30.3 Å². The Labute approximate surface area is 175 Å². The molecule has 9 heteroatoms. The van der Waals surface area contributed by atoms with Crippen LogP contribution in [0.3, 0.4) is 0 Å². The van der Waals surface area contributed by atoms with Crippen molar-refractivity contribution < 1.29 is 19.1 Å². The molecule has 1 N–H and O–H groups in total. The van der Waals surface area contributed by atoms with Gasteiger partial charge in [-0.05, 0) is 18.2 Å². The van der Waals surface area contributed by atoms with Crippen molar-refractivity contribution in [3.63, 3.8) is 0 Å². The Balaban J connectivity index is 1.83. The van der Waals surface area contributed by atoms with Crippen LogP contribution in [0.2, 0.25) is 0 Å². The van der Waals surface area contributed by atoms with E-state index in [0.29, 0.717) is 17.7 Å². The summed E-state index contributed by atoms with van der Waals surface area (Å²) in [5.41, 5.74) is -0.428. The van der Waals surface area contributed by atoms with E-state index in [1.807, 2.05) is 0 Å². The quantitative estimate of drug-likeness (QED) is 0.696. The molecule has 0 spiro atoms. The van der Waals surface area contributed by atoms with Gasteiger partial charge >= 0.3 is 5.97 Å². The molecule has 1 fully saturated rings. The second-order valence-corrected chi connectivity index (χ2v) is 7.63. The smallest absolute Gasteiger partial charge is 0.303 e. The van der Waals surface area contributed by atoms with Crippen molar-refractivity contribution in [2.45, 2.75) is 31.3 Å². The second kappa shape index (κ2) is 6.83. The molecule has 1 atom stereocenters. The molecule has 1 unspecified atom stereocenters. The van der Waals surface area contributed by atoms with Crippen molar-refractivity contribution in [2.24, 2.45) is 0 Å². The number of nitrogens with zero attached hydrogens (tertiary/aromatic N) is 4. The van der Waals surface area contributed by atoms with Gasteiger partial charge in [0.05, 0.1) is 5.69 Å². The van der Waals surface area contributed by atoms with E-state index in [2.05, 4.69) is 10.1 Å². The van der Waals surface area contributed by atoms with Crippen LogP contribution in [0.25, 0.3) is 22.6 Å². The Morgan fingerprint density at radius 3 is 2.68 bits per heavy atom. The number of carboxylic acids is 1. The third-order valence-electron chi connectivity index (χ3n) is 5.84. The molecule has 2 aliphatic heterocycles. The van der Waals surface area contributed by atoms with E-state index in [4.69, 9.17) is 0 Å². The van der Waals surface area contributed by atoms with Crippen LogP contribution in [0.15, 0.2) is 53.3 Å². The van der Waals surface area contributed by atoms with E-state index < -0.39 is 23.0 Å². The molecule has 1 saturated heterocycles. The number of hydrogen-bond acceptors (Lipinski definition) is 5. The van der Waals surface area contributed by atoms with Crippen molar-refractivity contribution in [3.05, 3.63) is 64.7 Å². The summed E-state index contributed by atoms with van der Waals surface area (Å²) in [4.78, 5) is 42.9. The third-order valence-corrected chi connectivity index (χ3v) is 5.84. The number of halogens is 1. The topological polar surface area (TPSA) is 105 Å². The summed E-state index contributed by atoms with van der Waals surface area (Å²) >= 11 is 0. The average molecular weight is 420 g/mol. The lowest BCUT2D eigenvalue weighted by atomic mass is 9.95. The highest BCUT2D eigenvalue weighted by Crippen LogP contribution is 2.50. The Kier molecular flexibility index (Phi) is 4.21. The lowest BCUT2D eigenvalue weighted by Gasteiger charge is -2.44. The molecular weight excluding hydrogens is 403 g/mol. The highest BCUT2D eigenvalue weighted by Gasteiger charge is 2.53. The Morgan fingerprint density at radius 2 is 1.94 bits per heavy atom. The van der Waals surface area contributed by atoms with Gasteiger partial charge in [0.1, 0.15) is 11.5 Å². The van der Waals surface area contributed by atoms with Gasteiger partial charge in [-0.2, -0.15) is 10.1 Å². The molecule has 156 valence electrons. The number of fused-ring (bicyclic) bond motifs is 6. The van der Waals surface area contributed by atoms with Gasteiger partial charge in [0.25, 0.3) is 5.56 Å². The molecule has 8 nitrogen and oxygen atoms in total. The maximum atomic E-state index is 14.1. The molecule has 1 amide bonds. The number of aliphatic carboxylic acids is 1. The van der Waals surface area contributed by atoms with Gasteiger partial charge in [-0.15, -0.1) is 0 Å². The molecule has 0 saturated carbocycles. The zero-order chi connectivity index (χ0) is 21.8. The minimum Gasteiger partial charge on any atom is -0.481 e. The molecular formula is C22H17FN4O4. The number of carboxylic acid groups (broad SMARTS) is 1. The number of benzene rings is 2. The number of rotatable bonds is 4. The standard InChI is InChI=1S/C22H17FN4O4/c23-14-6-7-16-15(12-14)20-24-21(31)19(13-4-2-1-3-5-13)25-27(20)22(11-9-18(29)30)10-8-17(28)26(16)22/h1-7,12H,8-11H2,(H,29,30). The van der Waals surface area contributed by atoms with Gasteiger partial charge in [-0.25, -0.2) is 9.07 Å². The fraction of sp³-hybridized carbons (Fsp3) is 0.227. The second-order valence-electron chi connectivity index (χ2n) is 7.63. The molecule has 3 aromatic rings. The first kappa shape index (κ1) is 19.1. The minimum absolute atomic E-state index is 0.0731. The third kappa shape index (κ3) is 2.84. The van der Waals surface area contributed by atoms with Crippen LogP contribution in [-0.4, -0.2) is 31.7 Å². The van der Waals surface area contributed by atoms with E-state index >= 15 is 0 Å². The predicted molar refractivity (Wildman–Crippen MR) is 109 cm³/mol. The maximum absolute atomic E-state index is 14.1. The summed E-state index contributed by atoms with van der Waals surface area (Å²) in [6, 6.07) is 12.7. The molecule has 2 aromatic carbocycles. The number of anilines is 1. The number of carbonyl (C=O) groups excluding carboxylic acids is 1. The van der Waals surface area contributed by atoms with Gasteiger partial charge < -0.3 is 5.11 Å². The van der Waals surface area contributed by atoms with Gasteiger partial charge in [0.15, 0.2) is 11.5 Å². The van der Waals surface area contributed by atoms with Crippen LogP contribution in [-0.2, 0) is 15.3 Å². The first-order valence-electron chi connectivity index (χ1n) is 9.83. The molecule has 0 aliphatic carbocycles. The Bertz CT molecular complexity index is 1290. The largest absolute Gasteiger partial charge is 0.481 e. The van der Waals surface area contributed by atoms with Crippen LogP contribution < -0.4 is 10.5 Å². The lowest BCUT2D eigenvalue weighted by molar-refractivity contribution is -0.137. The van der Waals surface area contributed by atoms with E-state index in [1.165, 1.54) is 27.8 Å². The van der Waals surface area contributed by atoms with E-state index in [9.17, 15) is 23.9 Å². The number of carbonyl (C=O) groups is 2. The Morgan fingerprint density at radius 1 is 1.16 bits per heavy atom. The molecule has 0 radical (unpaired) electrons. The summed E-state index contributed by atoms with van der Waals surface area (Å²) in [7, 11) is 0. The SMILES string of the molecule is O=C(O)CCC12CCC(=O)N1c1ccc(F)cc1-c1nc(=O)c(-c3ccccc3)nn12. The molecule has 0 bridgehead atoms. The van der Waals surface area contributed by atoms with Gasteiger partial charge in [-0.3, -0.25) is 19.3 Å². The zero-order valence-electron chi connectivity index (χ0n) is 16.3. The summed E-state index contributed by atoms with van der Waals surface area (Å²) in [5, 5.41) is 13.9. The highest BCUT2D eigenvalue weighted by atomic mass is 19.1. The fourth-order valence-corrected chi connectivity index (χ4v) is 4.48. The summed E-state index contributed by atoms with van der Waals surface area (Å²) < 4.78 is 15.6. The van der Waals surface area contributed by atoms with Crippen LogP contribution in [0.5, 0.6) is 0 Å². The Hall–Kier alpha value is -3.88. The number of hydrogen-bond donors (Lipinski definition) is 1. The summed E-state index contributed by atoms with van der Waals surface area (Å²) in [6.07, 6.45) is 0.330. The van der Waals surface area contributed by atoms with Crippen molar-refractivity contribution >= 4 is 17.6 Å². The van der Waals surface area contributed by atoms with Crippen LogP contribution >= 0.6 is 0 Å². The summed E-state index contributed by atoms with van der Waals surface area (Å²) in [6.45, 7) is 0. The normalized spacial score (nSPS) is 19.0. The van der Waals surface area contributed by atoms with E-state index in [-0.39, 0.29) is 42.3 Å². The summed E-state index contributed by atoms with van der Waals surface area (Å²) in [5.74, 6) is -1.66. The first-order valence-corrected chi connectivity index (χ1v) is 9.83. The van der Waals surface area contributed by atoms with Crippen molar-refractivity contribution in [1.82, 2.24) is 14.8 Å². The average Bonchev–Trinajstić information content (AvgIpc) is 3.10. The van der Waals surface area contributed by atoms with Crippen LogP contribution in [0.4, 0.5) is 10.1 Å². The molecule has 1 aromatic heterocycles. The molecule has 3 heterocycles. The van der Waals surface area contributed by atoms with E-state index in [0.717, 1.165) is 0 Å².